The van der Waals surface area contributed by atoms with Gasteiger partial charge in [0.2, 0.25) is 0 Å². The Hall–Kier alpha value is -2.67. The van der Waals surface area contributed by atoms with Gasteiger partial charge in [-0.15, -0.1) is 0 Å². The molecule has 3 rings (SSSR count). The van der Waals surface area contributed by atoms with Crippen molar-refractivity contribution in [1.29, 1.82) is 0 Å². The number of nitrogens with zero attached hydrogens (tertiary/aromatic N) is 3. The van der Waals surface area contributed by atoms with Crippen molar-refractivity contribution in [2.45, 2.75) is 6.61 Å². The maximum absolute atomic E-state index is 12.3. The third kappa shape index (κ3) is 4.17. The fraction of sp³-hybridized carbons (Fsp3) is 0.312. The van der Waals surface area contributed by atoms with Crippen LogP contribution in [0.25, 0.3) is 0 Å². The number of nitrogens with one attached hydrogen (secondary N) is 2. The lowest BCUT2D eigenvalue weighted by atomic mass is 10.3. The van der Waals surface area contributed by atoms with Crippen molar-refractivity contribution in [3.63, 3.8) is 0 Å². The summed E-state index contributed by atoms with van der Waals surface area (Å²) in [6, 6.07) is 7.19. The second-order valence-electron chi connectivity index (χ2n) is 5.16. The van der Waals surface area contributed by atoms with Crippen molar-refractivity contribution in [2.75, 3.05) is 31.5 Å². The molecule has 2 aromatic rings. The van der Waals surface area contributed by atoms with Gasteiger partial charge >= 0.3 is 6.03 Å². The number of ether oxygens (including phenoxy) is 1. The first-order valence-corrected chi connectivity index (χ1v) is 7.56. The number of amides is 2. The minimum absolute atomic E-state index is 0.154. The molecule has 2 amide bonds. The molecule has 0 aromatic carbocycles. The van der Waals surface area contributed by atoms with Gasteiger partial charge in [0.05, 0.1) is 0 Å². The molecule has 1 fully saturated rings. The van der Waals surface area contributed by atoms with Crippen LogP contribution in [-0.4, -0.2) is 47.1 Å². The number of anilines is 1. The van der Waals surface area contributed by atoms with Gasteiger partial charge in [0.1, 0.15) is 6.61 Å². The van der Waals surface area contributed by atoms with E-state index in [-0.39, 0.29) is 6.03 Å². The summed E-state index contributed by atoms with van der Waals surface area (Å²) in [6.07, 6.45) is 5.07. The molecular formula is C16H19N5O2. The van der Waals surface area contributed by atoms with Gasteiger partial charge in [0.25, 0.3) is 0 Å². The predicted octanol–water partition coefficient (Wildman–Crippen LogP) is 1.49. The van der Waals surface area contributed by atoms with Crippen LogP contribution in [0.2, 0.25) is 0 Å². The number of piperazine rings is 1. The van der Waals surface area contributed by atoms with E-state index < -0.39 is 0 Å². The largest absolute Gasteiger partial charge is 0.485 e. The van der Waals surface area contributed by atoms with Crippen molar-refractivity contribution in [2.24, 2.45) is 0 Å². The van der Waals surface area contributed by atoms with Crippen molar-refractivity contribution in [3.05, 3.63) is 48.4 Å². The minimum Gasteiger partial charge on any atom is -0.485 e. The van der Waals surface area contributed by atoms with E-state index >= 15 is 0 Å². The highest BCUT2D eigenvalue weighted by atomic mass is 16.5. The number of aromatic nitrogens is 2. The molecule has 7 heteroatoms. The number of hydrogen-bond acceptors (Lipinski definition) is 5. The van der Waals surface area contributed by atoms with Gasteiger partial charge in [-0.3, -0.25) is 10.3 Å². The van der Waals surface area contributed by atoms with Crippen LogP contribution >= 0.6 is 0 Å². The van der Waals surface area contributed by atoms with E-state index in [9.17, 15) is 4.79 Å². The molecule has 120 valence electrons. The quantitative estimate of drug-likeness (QED) is 0.894. The lowest BCUT2D eigenvalue weighted by molar-refractivity contribution is 0.203. The van der Waals surface area contributed by atoms with Crippen LogP contribution in [-0.2, 0) is 6.61 Å². The normalized spacial score (nSPS) is 14.3. The van der Waals surface area contributed by atoms with E-state index in [1.165, 1.54) is 0 Å². The van der Waals surface area contributed by atoms with E-state index in [2.05, 4.69) is 20.6 Å². The molecule has 23 heavy (non-hydrogen) atoms. The number of rotatable bonds is 4. The maximum atomic E-state index is 12.3. The molecular weight excluding hydrogens is 294 g/mol. The van der Waals surface area contributed by atoms with Gasteiger partial charge in [-0.2, -0.15) is 0 Å². The Bertz CT molecular complexity index is 644. The Morgan fingerprint density at radius 2 is 2.00 bits per heavy atom. The monoisotopic (exact) mass is 313 g/mol. The molecule has 0 aliphatic carbocycles. The van der Waals surface area contributed by atoms with E-state index in [0.717, 1.165) is 18.7 Å². The summed E-state index contributed by atoms with van der Waals surface area (Å²) in [4.78, 5) is 22.2. The van der Waals surface area contributed by atoms with Crippen LogP contribution in [0, 0.1) is 0 Å². The summed E-state index contributed by atoms with van der Waals surface area (Å²) >= 11 is 0. The van der Waals surface area contributed by atoms with Crippen LogP contribution in [0.1, 0.15) is 5.56 Å². The standard InChI is InChI=1S/C16H19N5O2/c22-16(21-10-8-18-9-11-21)20-15-14(2-1-5-19-15)23-12-13-3-6-17-7-4-13/h1-7,18H,8-12H2,(H,19,20,22). The molecule has 0 saturated carbocycles. The van der Waals surface area contributed by atoms with Gasteiger partial charge < -0.3 is 15.0 Å². The molecule has 0 atom stereocenters. The third-order valence-electron chi connectivity index (χ3n) is 3.54. The first kappa shape index (κ1) is 15.2. The first-order chi connectivity index (χ1) is 11.3. The van der Waals surface area contributed by atoms with Crippen LogP contribution in [0.5, 0.6) is 5.75 Å². The van der Waals surface area contributed by atoms with E-state index in [1.54, 1.807) is 35.6 Å². The lowest BCUT2D eigenvalue weighted by Gasteiger charge is -2.27. The topological polar surface area (TPSA) is 79.4 Å². The molecule has 0 radical (unpaired) electrons. The van der Waals surface area contributed by atoms with Crippen LogP contribution < -0.4 is 15.4 Å². The van der Waals surface area contributed by atoms with E-state index in [4.69, 9.17) is 4.74 Å². The molecule has 2 aromatic heterocycles. The van der Waals surface area contributed by atoms with Gasteiger partial charge in [0.15, 0.2) is 11.6 Å². The average molecular weight is 313 g/mol. The molecule has 1 aliphatic rings. The second kappa shape index (κ2) is 7.55. The van der Waals surface area contributed by atoms with Crippen LogP contribution in [0.3, 0.4) is 0 Å². The zero-order valence-corrected chi connectivity index (χ0v) is 12.7. The number of pyridine rings is 2. The average Bonchev–Trinajstić information content (AvgIpc) is 2.62. The number of urea groups is 1. The predicted molar refractivity (Wildman–Crippen MR) is 86.3 cm³/mol. The Morgan fingerprint density at radius 1 is 1.22 bits per heavy atom. The van der Waals surface area contributed by atoms with Gasteiger partial charge in [-0.05, 0) is 29.8 Å². The van der Waals surface area contributed by atoms with Crippen molar-refractivity contribution in [3.8, 4) is 5.75 Å². The van der Waals surface area contributed by atoms with Crippen molar-refractivity contribution < 1.29 is 9.53 Å². The summed E-state index contributed by atoms with van der Waals surface area (Å²) in [5, 5.41) is 6.04. The molecule has 0 spiro atoms. The third-order valence-corrected chi connectivity index (χ3v) is 3.54. The highest BCUT2D eigenvalue weighted by Gasteiger charge is 2.18. The van der Waals surface area contributed by atoms with Crippen LogP contribution in [0.4, 0.5) is 10.6 Å². The lowest BCUT2D eigenvalue weighted by Crippen LogP contribution is -2.48. The summed E-state index contributed by atoms with van der Waals surface area (Å²) in [6.45, 7) is 3.38. The second-order valence-corrected chi connectivity index (χ2v) is 5.16. The van der Waals surface area contributed by atoms with E-state index in [0.29, 0.717) is 31.3 Å². The molecule has 2 N–H and O–H groups in total. The molecule has 0 bridgehead atoms. The van der Waals surface area contributed by atoms with Crippen molar-refractivity contribution >= 4 is 11.8 Å². The summed E-state index contributed by atoms with van der Waals surface area (Å²) < 4.78 is 5.78. The maximum Gasteiger partial charge on any atom is 0.323 e. The van der Waals surface area contributed by atoms with Crippen LogP contribution in [0.15, 0.2) is 42.9 Å². The Morgan fingerprint density at radius 3 is 2.78 bits per heavy atom. The zero-order valence-electron chi connectivity index (χ0n) is 12.7. The molecule has 1 saturated heterocycles. The highest BCUT2D eigenvalue weighted by molar-refractivity contribution is 5.89. The molecule has 1 aliphatic heterocycles. The van der Waals surface area contributed by atoms with Gasteiger partial charge in [-0.25, -0.2) is 9.78 Å². The van der Waals surface area contributed by atoms with Gasteiger partial charge in [-0.1, -0.05) is 0 Å². The van der Waals surface area contributed by atoms with E-state index in [1.807, 2.05) is 12.1 Å². The fourth-order valence-corrected chi connectivity index (χ4v) is 2.29. The SMILES string of the molecule is O=C(Nc1ncccc1OCc1ccncc1)N1CCNCC1. The molecule has 0 unspecified atom stereocenters. The number of hydrogen-bond donors (Lipinski definition) is 2. The van der Waals surface area contributed by atoms with Gasteiger partial charge in [0, 0.05) is 44.8 Å². The fourth-order valence-electron chi connectivity index (χ4n) is 2.29. The molecule has 7 nitrogen and oxygen atoms in total. The Labute approximate surface area is 134 Å². The Balaban J connectivity index is 1.64. The Kier molecular flexibility index (Phi) is 5.00. The highest BCUT2D eigenvalue weighted by Crippen LogP contribution is 2.22. The zero-order chi connectivity index (χ0) is 15.9. The summed E-state index contributed by atoms with van der Waals surface area (Å²) in [5.74, 6) is 0.984. The smallest absolute Gasteiger partial charge is 0.323 e. The number of carbonyl (C=O) groups is 1. The number of carbonyl (C=O) groups excluding carboxylic acids is 1. The minimum atomic E-state index is -0.154. The summed E-state index contributed by atoms with van der Waals surface area (Å²) in [5.41, 5.74) is 1.00. The molecule has 3 heterocycles. The first-order valence-electron chi connectivity index (χ1n) is 7.56. The van der Waals surface area contributed by atoms with Crippen molar-refractivity contribution in [1.82, 2.24) is 20.2 Å². The summed E-state index contributed by atoms with van der Waals surface area (Å²) in [7, 11) is 0.